The van der Waals surface area contributed by atoms with Gasteiger partial charge in [0.15, 0.2) is 0 Å². The van der Waals surface area contributed by atoms with E-state index in [4.69, 9.17) is 0 Å². The molecule has 0 spiro atoms. The molecule has 0 aliphatic rings. The van der Waals surface area contributed by atoms with Crippen LogP contribution in [0.3, 0.4) is 0 Å². The van der Waals surface area contributed by atoms with E-state index in [1.54, 1.807) is 0 Å². The molecule has 0 unspecified atom stereocenters. The van der Waals surface area contributed by atoms with Gasteiger partial charge in [-0.05, 0) is 45.3 Å². The van der Waals surface area contributed by atoms with Gasteiger partial charge in [-0.3, -0.25) is 0 Å². The molecule has 0 saturated heterocycles. The molecule has 0 nitrogen and oxygen atoms in total. The van der Waals surface area contributed by atoms with Gasteiger partial charge in [0.25, 0.3) is 0 Å². The molecule has 0 aliphatic carbocycles. The van der Waals surface area contributed by atoms with Gasteiger partial charge in [0.05, 0.1) is 0 Å². The van der Waals surface area contributed by atoms with Crippen LogP contribution >= 0.6 is 0 Å². The molecule has 0 N–H and O–H groups in total. The van der Waals surface area contributed by atoms with Crippen LogP contribution in [0, 0.1) is 0 Å². The largest absolute Gasteiger partial charge is 0.0877 e. The third-order valence-corrected chi connectivity index (χ3v) is 2.19. The van der Waals surface area contributed by atoms with Crippen molar-refractivity contribution in [3.63, 3.8) is 0 Å². The van der Waals surface area contributed by atoms with Gasteiger partial charge in [-0.15, -0.1) is 0 Å². The van der Waals surface area contributed by atoms with E-state index in [2.05, 4.69) is 64.2 Å². The Morgan fingerprint density at radius 3 is 2.06 bits per heavy atom. The fourth-order valence-electron chi connectivity index (χ4n) is 1.48. The Morgan fingerprint density at radius 2 is 1.62 bits per heavy atom. The molecule has 0 aromatic carbocycles. The summed E-state index contributed by atoms with van der Waals surface area (Å²) in [5, 5.41) is 0. The molecule has 0 rings (SSSR count). The summed E-state index contributed by atoms with van der Waals surface area (Å²) in [6.45, 7) is 10.6. The van der Waals surface area contributed by atoms with E-state index >= 15 is 0 Å². The minimum atomic E-state index is 1.06. The second-order valence-electron chi connectivity index (χ2n) is 3.87. The van der Waals surface area contributed by atoms with Crippen molar-refractivity contribution in [1.82, 2.24) is 0 Å². The van der Waals surface area contributed by atoms with Crippen molar-refractivity contribution >= 4 is 0 Å². The topological polar surface area (TPSA) is 0 Å². The van der Waals surface area contributed by atoms with Gasteiger partial charge in [-0.1, -0.05) is 55.0 Å². The molecule has 0 amide bonds. The molecular weight excluding hydrogens is 192 g/mol. The van der Waals surface area contributed by atoms with Crippen molar-refractivity contribution < 1.29 is 0 Å². The second-order valence-corrected chi connectivity index (χ2v) is 3.87. The van der Waals surface area contributed by atoms with Gasteiger partial charge < -0.3 is 0 Å². The minimum absolute atomic E-state index is 1.06. The SMILES string of the molecule is CC=CC=CC(C(C=CC)=CCC)=C(C)C. The Hall–Kier alpha value is -1.30. The average molecular weight is 216 g/mol. The summed E-state index contributed by atoms with van der Waals surface area (Å²) >= 11 is 0. The van der Waals surface area contributed by atoms with E-state index in [1.807, 2.05) is 13.0 Å². The van der Waals surface area contributed by atoms with Crippen molar-refractivity contribution in [3.8, 4) is 0 Å². The lowest BCUT2D eigenvalue weighted by molar-refractivity contribution is 1.19. The highest BCUT2D eigenvalue weighted by Crippen LogP contribution is 2.18. The first-order valence-electron chi connectivity index (χ1n) is 5.97. The first-order valence-corrected chi connectivity index (χ1v) is 5.97. The lowest BCUT2D eigenvalue weighted by Gasteiger charge is -2.06. The van der Waals surface area contributed by atoms with Crippen molar-refractivity contribution in [3.05, 3.63) is 59.3 Å². The highest BCUT2D eigenvalue weighted by Gasteiger charge is 1.99. The fraction of sp³-hybridized carbons (Fsp3) is 0.375. The lowest BCUT2D eigenvalue weighted by Crippen LogP contribution is -1.87. The standard InChI is InChI=1S/C16H24/c1-6-9-10-13-16(14(4)5)15(11-7-2)12-8-3/h6-7,9-13H,8H2,1-5H3. The Kier molecular flexibility index (Phi) is 8.24. The highest BCUT2D eigenvalue weighted by atomic mass is 14.0. The Labute approximate surface area is 101 Å². The number of hydrogen-bond acceptors (Lipinski definition) is 0. The first-order chi connectivity index (χ1) is 7.67. The molecule has 0 radical (unpaired) electrons. The molecule has 88 valence electrons. The van der Waals surface area contributed by atoms with E-state index in [0.717, 1.165) is 6.42 Å². The molecule has 0 fully saturated rings. The predicted octanol–water partition coefficient (Wildman–Crippen LogP) is 5.37. The molecule has 0 heteroatoms. The maximum absolute atomic E-state index is 2.27. The molecule has 0 bridgehead atoms. The number of hydrogen-bond donors (Lipinski definition) is 0. The van der Waals surface area contributed by atoms with Gasteiger partial charge in [-0.25, -0.2) is 0 Å². The molecule has 0 aliphatic heterocycles. The maximum atomic E-state index is 2.27. The summed E-state index contributed by atoms with van der Waals surface area (Å²) in [5.41, 5.74) is 3.97. The summed E-state index contributed by atoms with van der Waals surface area (Å²) in [4.78, 5) is 0. The van der Waals surface area contributed by atoms with E-state index in [9.17, 15) is 0 Å². The van der Waals surface area contributed by atoms with Crippen LogP contribution in [0.25, 0.3) is 0 Å². The summed E-state index contributed by atoms with van der Waals surface area (Å²) in [6, 6.07) is 0. The van der Waals surface area contributed by atoms with E-state index < -0.39 is 0 Å². The Balaban J connectivity index is 5.19. The highest BCUT2D eigenvalue weighted by molar-refractivity contribution is 5.49. The molecule has 0 aromatic rings. The van der Waals surface area contributed by atoms with Crippen LogP contribution in [0.5, 0.6) is 0 Å². The van der Waals surface area contributed by atoms with Gasteiger partial charge in [-0.2, -0.15) is 0 Å². The van der Waals surface area contributed by atoms with E-state index in [-0.39, 0.29) is 0 Å². The van der Waals surface area contributed by atoms with Crippen molar-refractivity contribution in [1.29, 1.82) is 0 Å². The number of allylic oxidation sites excluding steroid dienone is 10. The fourth-order valence-corrected chi connectivity index (χ4v) is 1.48. The third-order valence-electron chi connectivity index (χ3n) is 2.19. The minimum Gasteiger partial charge on any atom is -0.0877 e. The molecule has 0 saturated carbocycles. The number of rotatable bonds is 5. The molecule has 0 aromatic heterocycles. The zero-order valence-electron chi connectivity index (χ0n) is 11.2. The summed E-state index contributed by atoms with van der Waals surface area (Å²) < 4.78 is 0. The van der Waals surface area contributed by atoms with Crippen LogP contribution in [-0.4, -0.2) is 0 Å². The summed E-state index contributed by atoms with van der Waals surface area (Å²) in [6.07, 6.45) is 16.0. The van der Waals surface area contributed by atoms with Crippen molar-refractivity contribution in [2.24, 2.45) is 0 Å². The maximum Gasteiger partial charge on any atom is -0.0201 e. The summed E-state index contributed by atoms with van der Waals surface area (Å²) in [5.74, 6) is 0. The molecule has 0 heterocycles. The Morgan fingerprint density at radius 1 is 0.938 bits per heavy atom. The van der Waals surface area contributed by atoms with Crippen LogP contribution in [0.4, 0.5) is 0 Å². The molecular formula is C16H24. The molecule has 16 heavy (non-hydrogen) atoms. The zero-order valence-corrected chi connectivity index (χ0v) is 11.2. The van der Waals surface area contributed by atoms with Gasteiger partial charge >= 0.3 is 0 Å². The monoisotopic (exact) mass is 216 g/mol. The second kappa shape index (κ2) is 8.96. The third kappa shape index (κ3) is 5.55. The van der Waals surface area contributed by atoms with Crippen LogP contribution in [0.15, 0.2) is 59.3 Å². The lowest BCUT2D eigenvalue weighted by atomic mass is 9.99. The normalized spacial score (nSPS) is 13.2. The smallest absolute Gasteiger partial charge is 0.0201 e. The van der Waals surface area contributed by atoms with E-state index in [1.165, 1.54) is 16.7 Å². The van der Waals surface area contributed by atoms with Crippen LogP contribution in [0.1, 0.15) is 41.0 Å². The average Bonchev–Trinajstić information content (AvgIpc) is 2.24. The van der Waals surface area contributed by atoms with E-state index in [0.29, 0.717) is 0 Å². The summed E-state index contributed by atoms with van der Waals surface area (Å²) in [7, 11) is 0. The van der Waals surface area contributed by atoms with Crippen molar-refractivity contribution in [2.75, 3.05) is 0 Å². The first kappa shape index (κ1) is 14.7. The van der Waals surface area contributed by atoms with Crippen LogP contribution in [0.2, 0.25) is 0 Å². The van der Waals surface area contributed by atoms with Gasteiger partial charge in [0.1, 0.15) is 0 Å². The zero-order chi connectivity index (χ0) is 12.4. The van der Waals surface area contributed by atoms with Crippen molar-refractivity contribution in [2.45, 2.75) is 41.0 Å². The molecule has 0 atom stereocenters. The predicted molar refractivity (Wildman–Crippen MR) is 75.5 cm³/mol. The van der Waals surface area contributed by atoms with Crippen LogP contribution < -0.4 is 0 Å². The van der Waals surface area contributed by atoms with Gasteiger partial charge in [0.2, 0.25) is 0 Å². The van der Waals surface area contributed by atoms with Crippen LogP contribution in [-0.2, 0) is 0 Å². The van der Waals surface area contributed by atoms with Gasteiger partial charge in [0, 0.05) is 0 Å². The quantitative estimate of drug-likeness (QED) is 0.542. The Bertz CT molecular complexity index is 329.